The van der Waals surface area contributed by atoms with Gasteiger partial charge < -0.3 is 69.0 Å². The molecule has 6 N–H and O–H groups in total. The van der Waals surface area contributed by atoms with Crippen LogP contribution in [0.15, 0.2) is 12.7 Å². The highest BCUT2D eigenvalue weighted by Gasteiger charge is 2.47. The van der Waals surface area contributed by atoms with Gasteiger partial charge in [0.1, 0.15) is 36.3 Å². The van der Waals surface area contributed by atoms with Gasteiger partial charge >= 0.3 is 0 Å². The minimum atomic E-state index is -5.91. The molecular weight excluding hydrogens is 879 g/mol. The molecule has 1 aliphatic heterocycles. The standard InChI is InChI=1S/C32H56N7O17P3S/c1-5-6-7-8-9-10-11-20(2)31(44)60-15-14-34-22(40)12-13-35-29(43)26(42)32(3,4)17-53-59(50,51)56-58(48,49)52-16-21-25(55-57(45,46)47)24(41)30(54-21)39-19-38-23-27(33)36-18-37-28(23)39/h18-21,24-26,30,41-42H,5-17H2,1-4H3,(H,34,40)(H,35,43)(H,48,49)(H,50,51)(H2,33,36,37)(H2,45,46,47)/p-4/t20?,21-,24-,25-,26+,30-/m1/s1. The Labute approximate surface area is 350 Å². The maximum absolute atomic E-state index is 12.6. The number of carbonyl (C=O) groups is 3. The topological polar surface area (TPSA) is 375 Å². The molecule has 1 aliphatic rings. The van der Waals surface area contributed by atoms with Crippen LogP contribution in [0, 0.1) is 11.3 Å². The molecule has 3 unspecified atom stereocenters. The summed E-state index contributed by atoms with van der Waals surface area (Å²) in [7, 11) is -17.6. The van der Waals surface area contributed by atoms with E-state index >= 15 is 0 Å². The molecule has 3 heterocycles. The zero-order valence-electron chi connectivity index (χ0n) is 33.4. The predicted molar refractivity (Wildman–Crippen MR) is 205 cm³/mol. The summed E-state index contributed by atoms with van der Waals surface area (Å²) in [6, 6.07) is 0. The second-order valence-electron chi connectivity index (χ2n) is 14.6. The summed E-state index contributed by atoms with van der Waals surface area (Å²) in [5.41, 5.74) is 4.08. The monoisotopic (exact) mass is 931 g/mol. The molecule has 0 saturated carbocycles. The Kier molecular flexibility index (Phi) is 20.2. The van der Waals surface area contributed by atoms with Crippen molar-refractivity contribution in [3.8, 4) is 0 Å². The summed E-state index contributed by atoms with van der Waals surface area (Å²) < 4.78 is 60.7. The van der Waals surface area contributed by atoms with Crippen molar-refractivity contribution >= 4 is 69.1 Å². The molecule has 0 spiro atoms. The molecule has 0 aromatic carbocycles. The molecule has 2 aromatic rings. The summed E-state index contributed by atoms with van der Waals surface area (Å²) >= 11 is 1.14. The smallest absolute Gasteiger partial charge is 0.274 e. The van der Waals surface area contributed by atoms with E-state index in [0.717, 1.165) is 54.7 Å². The van der Waals surface area contributed by atoms with Gasteiger partial charge in [-0.15, -0.1) is 0 Å². The fraction of sp³-hybridized carbons (Fsp3) is 0.750. The van der Waals surface area contributed by atoms with Crippen LogP contribution in [0.1, 0.15) is 85.3 Å². The van der Waals surface area contributed by atoms with Crippen molar-refractivity contribution in [2.45, 2.75) is 110 Å². The molecule has 60 heavy (non-hydrogen) atoms. The lowest BCUT2D eigenvalue weighted by Crippen LogP contribution is -2.46. The molecule has 1 fully saturated rings. The van der Waals surface area contributed by atoms with Crippen molar-refractivity contribution in [2.24, 2.45) is 11.3 Å². The van der Waals surface area contributed by atoms with Crippen molar-refractivity contribution in [3.05, 3.63) is 12.7 Å². The van der Waals surface area contributed by atoms with Crippen molar-refractivity contribution in [3.63, 3.8) is 0 Å². The third-order valence-corrected chi connectivity index (χ3v) is 13.2. The van der Waals surface area contributed by atoms with Gasteiger partial charge in [-0.3, -0.25) is 28.1 Å². The SMILES string of the molecule is CCCCCCCCC(C)C(=O)SCCNC(=O)CCNC(=O)[C@H](O)C(C)(C)COP(=O)([O-])OP(=O)([O-])OC[C@H]1O[C@@H](n2cnc3c(N)ncnc32)[C@H](O)[C@@H]1OP(=O)([O-])[O-]. The van der Waals surface area contributed by atoms with Gasteiger partial charge in [-0.1, -0.05) is 78.0 Å². The fourth-order valence-electron chi connectivity index (χ4n) is 5.75. The number of nitrogens with one attached hydrogen (secondary N) is 2. The van der Waals surface area contributed by atoms with Crippen LogP contribution in [0.3, 0.4) is 0 Å². The molecule has 3 rings (SSSR count). The van der Waals surface area contributed by atoms with E-state index in [1.54, 1.807) is 0 Å². The van der Waals surface area contributed by atoms with Gasteiger partial charge in [-0.25, -0.2) is 19.3 Å². The van der Waals surface area contributed by atoms with Crippen LogP contribution >= 0.6 is 35.2 Å². The Morgan fingerprint density at radius 2 is 1.68 bits per heavy atom. The highest BCUT2D eigenvalue weighted by atomic mass is 32.2. The first-order valence-electron chi connectivity index (χ1n) is 19.0. The number of aromatic nitrogens is 4. The highest BCUT2D eigenvalue weighted by molar-refractivity contribution is 8.13. The van der Waals surface area contributed by atoms with Crippen molar-refractivity contribution in [1.82, 2.24) is 30.2 Å². The number of phosphoric ester groups is 3. The predicted octanol–water partition coefficient (Wildman–Crippen LogP) is -0.477. The van der Waals surface area contributed by atoms with E-state index in [-0.39, 0.29) is 47.5 Å². The second kappa shape index (κ2) is 23.3. The Morgan fingerprint density at radius 3 is 2.37 bits per heavy atom. The minimum Gasteiger partial charge on any atom is -0.790 e. The van der Waals surface area contributed by atoms with E-state index in [9.17, 15) is 57.9 Å². The molecule has 0 radical (unpaired) electrons. The van der Waals surface area contributed by atoms with Crippen LogP contribution in [-0.2, 0) is 50.7 Å². The number of hydrogen-bond acceptors (Lipinski definition) is 22. The first-order chi connectivity index (χ1) is 28.0. The number of unbranched alkanes of at least 4 members (excludes halogenated alkanes) is 5. The number of nitrogen functional groups attached to an aromatic ring is 1. The Bertz CT molecular complexity index is 1890. The molecule has 8 atom stereocenters. The number of ether oxygens (including phenoxy) is 1. The van der Waals surface area contributed by atoms with Gasteiger partial charge in [0.2, 0.25) is 11.8 Å². The number of fused-ring (bicyclic) bond motifs is 1. The molecule has 0 bridgehead atoms. The quantitative estimate of drug-likeness (QED) is 0.0558. The molecule has 0 aliphatic carbocycles. The Balaban J connectivity index is 1.42. The number of aliphatic hydroxyl groups is 2. The molecular formula is C32H52N7O17P3S-4. The number of anilines is 1. The zero-order valence-corrected chi connectivity index (χ0v) is 36.9. The maximum Gasteiger partial charge on any atom is 0.274 e. The van der Waals surface area contributed by atoms with Crippen LogP contribution in [0.5, 0.6) is 0 Å². The van der Waals surface area contributed by atoms with Crippen LogP contribution < -0.4 is 35.9 Å². The third-order valence-electron chi connectivity index (χ3n) is 9.11. The maximum atomic E-state index is 12.6. The van der Waals surface area contributed by atoms with E-state index in [0.29, 0.717) is 5.75 Å². The van der Waals surface area contributed by atoms with Gasteiger partial charge in [0.05, 0.1) is 27.4 Å². The van der Waals surface area contributed by atoms with Gasteiger partial charge in [-0.2, -0.15) is 0 Å². The first kappa shape index (κ1) is 51.9. The van der Waals surface area contributed by atoms with Gasteiger partial charge in [0.25, 0.3) is 15.6 Å². The lowest BCUT2D eigenvalue weighted by Gasteiger charge is -2.36. The number of rotatable bonds is 27. The summed E-state index contributed by atoms with van der Waals surface area (Å²) in [6.45, 7) is 4.20. The number of hydrogen-bond donors (Lipinski definition) is 5. The van der Waals surface area contributed by atoms with E-state index in [2.05, 4.69) is 50.4 Å². The number of thioether (sulfide) groups is 1. The largest absolute Gasteiger partial charge is 0.790 e. The normalized spacial score (nSPS) is 21.6. The minimum absolute atomic E-state index is 0.0192. The summed E-state index contributed by atoms with van der Waals surface area (Å²) in [6.07, 6.45) is 0.0853. The van der Waals surface area contributed by atoms with Crippen molar-refractivity contribution in [1.29, 1.82) is 0 Å². The molecule has 1 saturated heterocycles. The van der Waals surface area contributed by atoms with Gasteiger partial charge in [0.15, 0.2) is 22.8 Å². The molecule has 28 heteroatoms. The Morgan fingerprint density at radius 1 is 1.02 bits per heavy atom. The van der Waals surface area contributed by atoms with Crippen LogP contribution in [0.25, 0.3) is 11.2 Å². The number of nitrogens with two attached hydrogens (primary N) is 1. The van der Waals surface area contributed by atoms with Crippen LogP contribution in [0.2, 0.25) is 0 Å². The fourth-order valence-corrected chi connectivity index (χ4v) is 9.29. The molecule has 2 aromatic heterocycles. The summed E-state index contributed by atoms with van der Waals surface area (Å²) in [4.78, 5) is 96.7. The number of amides is 2. The van der Waals surface area contributed by atoms with E-state index in [4.69, 9.17) is 10.5 Å². The van der Waals surface area contributed by atoms with Gasteiger partial charge in [-0.05, 0) is 6.42 Å². The van der Waals surface area contributed by atoms with E-state index in [1.807, 2.05) is 6.92 Å². The lowest BCUT2D eigenvalue weighted by atomic mass is 9.87. The Hall–Kier alpha value is -2.44. The van der Waals surface area contributed by atoms with Crippen LogP contribution in [0.4, 0.5) is 5.82 Å². The second-order valence-corrected chi connectivity index (χ2v) is 19.8. The average Bonchev–Trinajstić information content (AvgIpc) is 3.72. The number of carbonyl (C=O) groups excluding carboxylic acids is 3. The van der Waals surface area contributed by atoms with Crippen molar-refractivity contribution < 1.29 is 80.5 Å². The highest BCUT2D eigenvalue weighted by Crippen LogP contribution is 2.56. The molecule has 24 nitrogen and oxygen atoms in total. The average molecular weight is 932 g/mol. The lowest BCUT2D eigenvalue weighted by molar-refractivity contribution is -0.347. The number of imidazole rings is 1. The number of phosphoric acid groups is 3. The summed E-state index contributed by atoms with van der Waals surface area (Å²) in [5.74, 6) is -1.23. The van der Waals surface area contributed by atoms with Crippen molar-refractivity contribution in [2.75, 3.05) is 37.8 Å². The first-order valence-corrected chi connectivity index (χ1v) is 24.3. The number of nitrogens with zero attached hydrogens (tertiary/aromatic N) is 4. The molecule has 342 valence electrons. The summed E-state index contributed by atoms with van der Waals surface area (Å²) in [5, 5.41) is 26.4. The van der Waals surface area contributed by atoms with Crippen LogP contribution in [-0.4, -0.2) is 103 Å². The van der Waals surface area contributed by atoms with E-state index in [1.165, 1.54) is 33.1 Å². The zero-order chi connectivity index (χ0) is 44.9. The molecule has 2 amide bonds. The van der Waals surface area contributed by atoms with E-state index < -0.39 is 84.6 Å². The number of aliphatic hydroxyl groups excluding tert-OH is 2. The third kappa shape index (κ3) is 16.7. The van der Waals surface area contributed by atoms with Gasteiger partial charge in [0, 0.05) is 36.6 Å².